The maximum atomic E-state index is 5.76. The van der Waals surface area contributed by atoms with E-state index in [0.717, 1.165) is 33.8 Å². The van der Waals surface area contributed by atoms with Gasteiger partial charge in [-0.3, -0.25) is 4.98 Å². The zero-order valence-corrected chi connectivity index (χ0v) is 35.0. The van der Waals surface area contributed by atoms with Crippen LogP contribution in [-0.4, -0.2) is 9.55 Å². The Balaban J connectivity index is 1.05. The minimum Gasteiger partial charge on any atom is -0.309 e. The van der Waals surface area contributed by atoms with Gasteiger partial charge in [-0.25, -0.2) is 0 Å². The van der Waals surface area contributed by atoms with Gasteiger partial charge in [-0.2, -0.15) is 0 Å². The molecule has 2 aromatic heterocycles. The monoisotopic (exact) mass is 812 g/mol. The lowest BCUT2D eigenvalue weighted by molar-refractivity contribution is 0.949. The molecule has 1 aliphatic rings. The van der Waals surface area contributed by atoms with Crippen LogP contribution in [0.4, 0.5) is 0 Å². The molecule has 2 heterocycles. The van der Waals surface area contributed by atoms with E-state index in [1.165, 1.54) is 87.9 Å². The highest BCUT2D eigenvalue weighted by Crippen LogP contribution is 2.53. The summed E-state index contributed by atoms with van der Waals surface area (Å²) in [5, 5.41) is 7.45. The zero-order chi connectivity index (χ0) is 42.1. The molecule has 0 radical (unpaired) electrons. The third-order valence-corrected chi connectivity index (χ3v) is 13.4. The number of fused-ring (bicyclic) bond motifs is 9. The fraction of sp³-hybridized carbons (Fsp3) is 0.0161. The number of nitrogens with zero attached hydrogens (tertiary/aromatic N) is 2. The van der Waals surface area contributed by atoms with Gasteiger partial charge >= 0.3 is 0 Å². The van der Waals surface area contributed by atoms with E-state index in [1.807, 2.05) is 0 Å². The van der Waals surface area contributed by atoms with Gasteiger partial charge < -0.3 is 4.57 Å². The highest BCUT2D eigenvalue weighted by atomic mass is 15.0. The van der Waals surface area contributed by atoms with E-state index < -0.39 is 0 Å². The van der Waals surface area contributed by atoms with Crippen LogP contribution in [-0.2, 0) is 0 Å². The van der Waals surface area contributed by atoms with Crippen LogP contribution in [0.15, 0.2) is 237 Å². The topological polar surface area (TPSA) is 17.8 Å². The summed E-state index contributed by atoms with van der Waals surface area (Å²) in [6.07, 6.45) is 0. The second-order valence-corrected chi connectivity index (χ2v) is 17.1. The zero-order valence-electron chi connectivity index (χ0n) is 35.0. The molecule has 64 heavy (non-hydrogen) atoms. The largest absolute Gasteiger partial charge is 0.309 e. The van der Waals surface area contributed by atoms with Gasteiger partial charge in [0.25, 0.3) is 0 Å². The van der Waals surface area contributed by atoms with Crippen molar-refractivity contribution in [2.75, 3.05) is 0 Å². The molecule has 298 valence electrons. The second-order valence-electron chi connectivity index (χ2n) is 17.1. The van der Waals surface area contributed by atoms with Crippen LogP contribution in [0.1, 0.15) is 22.7 Å². The van der Waals surface area contributed by atoms with Crippen molar-refractivity contribution in [3.63, 3.8) is 0 Å². The number of para-hydroxylation sites is 2. The number of rotatable bonds is 6. The van der Waals surface area contributed by atoms with E-state index in [-0.39, 0.29) is 5.92 Å². The second kappa shape index (κ2) is 14.7. The predicted molar refractivity (Wildman–Crippen MR) is 268 cm³/mol. The summed E-state index contributed by atoms with van der Waals surface area (Å²) in [6.45, 7) is 0. The van der Waals surface area contributed by atoms with Crippen LogP contribution in [0.5, 0.6) is 0 Å². The lowest BCUT2D eigenvalue weighted by atomic mass is 9.89. The van der Waals surface area contributed by atoms with E-state index in [4.69, 9.17) is 4.98 Å². The van der Waals surface area contributed by atoms with Crippen LogP contribution >= 0.6 is 0 Å². The summed E-state index contributed by atoms with van der Waals surface area (Å²) in [5.41, 5.74) is 18.8. The van der Waals surface area contributed by atoms with Gasteiger partial charge in [0.1, 0.15) is 0 Å². The summed E-state index contributed by atoms with van der Waals surface area (Å²) in [7, 11) is 0. The molecule has 0 spiro atoms. The van der Waals surface area contributed by atoms with Crippen molar-refractivity contribution in [2.45, 2.75) is 5.92 Å². The van der Waals surface area contributed by atoms with Gasteiger partial charge in [0.05, 0.1) is 28.3 Å². The summed E-state index contributed by atoms with van der Waals surface area (Å²) < 4.78 is 2.48. The summed E-state index contributed by atoms with van der Waals surface area (Å²) in [6, 6.07) is 86.6. The van der Waals surface area contributed by atoms with Crippen LogP contribution < -0.4 is 0 Å². The van der Waals surface area contributed by atoms with E-state index >= 15 is 0 Å². The summed E-state index contributed by atoms with van der Waals surface area (Å²) in [5.74, 6) is -0.118. The highest BCUT2D eigenvalue weighted by molar-refractivity contribution is 6.13. The molecule has 2 heteroatoms. The Morgan fingerprint density at radius 2 is 0.922 bits per heavy atom. The van der Waals surface area contributed by atoms with Crippen molar-refractivity contribution < 1.29 is 0 Å². The Bertz CT molecular complexity index is 3660. The van der Waals surface area contributed by atoms with E-state index in [0.29, 0.717) is 0 Å². The maximum absolute atomic E-state index is 5.76. The van der Waals surface area contributed by atoms with Crippen molar-refractivity contribution in [1.29, 1.82) is 0 Å². The van der Waals surface area contributed by atoms with Crippen molar-refractivity contribution >= 4 is 43.4 Å². The molecular weight excluding hydrogens is 773 g/mol. The number of pyridine rings is 1. The average molecular weight is 813 g/mol. The Morgan fingerprint density at radius 3 is 1.66 bits per heavy atom. The number of hydrogen-bond donors (Lipinski definition) is 0. The molecule has 0 saturated heterocycles. The van der Waals surface area contributed by atoms with Crippen LogP contribution in [0.3, 0.4) is 0 Å². The fourth-order valence-electron chi connectivity index (χ4n) is 10.4. The first-order chi connectivity index (χ1) is 31.7. The summed E-state index contributed by atoms with van der Waals surface area (Å²) in [4.78, 5) is 5.76. The normalized spacial score (nSPS) is 13.2. The van der Waals surface area contributed by atoms with Gasteiger partial charge in [-0.05, 0) is 132 Å². The minimum atomic E-state index is -0.118. The van der Waals surface area contributed by atoms with Gasteiger partial charge in [0.15, 0.2) is 0 Å². The first-order valence-corrected chi connectivity index (χ1v) is 22.1. The first-order valence-electron chi connectivity index (χ1n) is 22.1. The van der Waals surface area contributed by atoms with E-state index in [2.05, 4.69) is 241 Å². The maximum Gasteiger partial charge on any atom is 0.0712 e. The SMILES string of the molecule is c1ccc(-n2c3ccccc3c3ccc4c(c32)C(c2cc(-c3cccc(-c5ccc6ccccc6c5)c3)cc(-c3cccc(-c5ccc6ccccc6c5)c3)n2)c2ccccc2-4)cc1. The molecule has 13 rings (SSSR count). The van der Waals surface area contributed by atoms with Crippen LogP contribution in [0, 0.1) is 0 Å². The average Bonchev–Trinajstić information content (AvgIpc) is 3.89. The number of benzene rings is 10. The van der Waals surface area contributed by atoms with Gasteiger partial charge in [-0.1, -0.05) is 182 Å². The van der Waals surface area contributed by atoms with Crippen molar-refractivity contribution in [2.24, 2.45) is 0 Å². The molecule has 0 saturated carbocycles. The number of aromatic nitrogens is 2. The molecular formula is C62H40N2. The van der Waals surface area contributed by atoms with Gasteiger partial charge in [0, 0.05) is 22.0 Å². The molecule has 0 fully saturated rings. The Hall–Kier alpha value is -8.33. The fourth-order valence-corrected chi connectivity index (χ4v) is 10.4. The third kappa shape index (κ3) is 5.91. The summed E-state index contributed by atoms with van der Waals surface area (Å²) >= 11 is 0. The Kier molecular flexibility index (Phi) is 8.32. The molecule has 2 nitrogen and oxygen atoms in total. The van der Waals surface area contributed by atoms with E-state index in [9.17, 15) is 0 Å². The predicted octanol–water partition coefficient (Wildman–Crippen LogP) is 16.3. The smallest absolute Gasteiger partial charge is 0.0712 e. The lowest BCUT2D eigenvalue weighted by Gasteiger charge is -2.19. The van der Waals surface area contributed by atoms with Crippen molar-refractivity contribution in [3.8, 4) is 61.5 Å². The molecule has 12 aromatic rings. The minimum absolute atomic E-state index is 0.118. The van der Waals surface area contributed by atoms with Crippen molar-refractivity contribution in [1.82, 2.24) is 9.55 Å². The highest BCUT2D eigenvalue weighted by Gasteiger charge is 2.35. The molecule has 1 aliphatic carbocycles. The van der Waals surface area contributed by atoms with Gasteiger partial charge in [-0.15, -0.1) is 0 Å². The molecule has 0 amide bonds. The van der Waals surface area contributed by atoms with E-state index in [1.54, 1.807) is 0 Å². The van der Waals surface area contributed by atoms with Gasteiger partial charge in [0.2, 0.25) is 0 Å². The van der Waals surface area contributed by atoms with Crippen LogP contribution in [0.2, 0.25) is 0 Å². The molecule has 0 bridgehead atoms. The first kappa shape index (κ1) is 36.3. The Morgan fingerprint density at radius 1 is 0.344 bits per heavy atom. The molecule has 1 unspecified atom stereocenters. The number of hydrogen-bond acceptors (Lipinski definition) is 1. The Labute approximate surface area is 372 Å². The quantitative estimate of drug-likeness (QED) is 0.164. The molecule has 1 atom stereocenters. The van der Waals surface area contributed by atoms with Crippen molar-refractivity contribution in [3.05, 3.63) is 253 Å². The molecule has 0 aliphatic heterocycles. The van der Waals surface area contributed by atoms with Crippen LogP contribution in [0.25, 0.3) is 105 Å². The molecule has 0 N–H and O–H groups in total. The standard InChI is InChI=1S/C62H40N2/c1-2-22-51(23-3-1)64-59-27-11-10-25-53(59)56-33-32-55-52-24-8-9-26-54(52)60(61(55)62(56)64)58-39-50(46-20-12-18-44(36-46)47-30-28-40-14-4-6-16-42(40)34-47)38-57(63-58)49-21-13-19-45(37-49)48-31-29-41-15-5-7-17-43(41)35-48/h1-39,60H. The third-order valence-electron chi connectivity index (χ3n) is 13.4. The molecule has 10 aromatic carbocycles. The lowest BCUT2D eigenvalue weighted by Crippen LogP contribution is -2.06.